The van der Waals surface area contributed by atoms with Crippen LogP contribution < -0.4 is 9.62 Å². The summed E-state index contributed by atoms with van der Waals surface area (Å²) in [4.78, 5) is 28.2. The number of sulfonamides is 1. The zero-order valence-electron chi connectivity index (χ0n) is 21.0. The van der Waals surface area contributed by atoms with Gasteiger partial charge in [-0.1, -0.05) is 61.6 Å². The van der Waals surface area contributed by atoms with Gasteiger partial charge in [-0.05, 0) is 60.7 Å². The molecule has 0 unspecified atom stereocenters. The van der Waals surface area contributed by atoms with E-state index in [9.17, 15) is 18.0 Å². The van der Waals surface area contributed by atoms with Gasteiger partial charge in [-0.15, -0.1) is 0 Å². The van der Waals surface area contributed by atoms with Gasteiger partial charge in [-0.2, -0.15) is 0 Å². The van der Waals surface area contributed by atoms with Crippen LogP contribution in [0.15, 0.2) is 36.4 Å². The molecule has 0 aromatic heterocycles. The average molecular weight is 577 g/mol. The summed E-state index contributed by atoms with van der Waals surface area (Å²) in [5.41, 5.74) is 1.59. The molecule has 2 amide bonds. The maximum Gasteiger partial charge on any atom is 0.244 e. The van der Waals surface area contributed by atoms with Crippen LogP contribution in [-0.2, 0) is 26.2 Å². The predicted octanol–water partition coefficient (Wildman–Crippen LogP) is 5.30. The third-order valence-corrected chi connectivity index (χ3v) is 7.61. The van der Waals surface area contributed by atoms with Crippen LogP contribution in [0.25, 0.3) is 0 Å². The first kappa shape index (κ1) is 30.2. The van der Waals surface area contributed by atoms with Crippen molar-refractivity contribution in [2.24, 2.45) is 5.92 Å². The van der Waals surface area contributed by atoms with E-state index < -0.39 is 28.5 Å². The lowest BCUT2D eigenvalue weighted by Gasteiger charge is -2.33. The Labute approximate surface area is 228 Å². The van der Waals surface area contributed by atoms with E-state index in [1.54, 1.807) is 50.2 Å². The van der Waals surface area contributed by atoms with Gasteiger partial charge >= 0.3 is 0 Å². The van der Waals surface area contributed by atoms with E-state index in [2.05, 4.69) is 5.32 Å². The van der Waals surface area contributed by atoms with Crippen molar-refractivity contribution in [1.82, 2.24) is 10.2 Å². The number of rotatable bonds is 11. The smallest absolute Gasteiger partial charge is 0.244 e. The van der Waals surface area contributed by atoms with Crippen LogP contribution in [-0.4, -0.2) is 50.5 Å². The molecule has 1 atom stereocenters. The summed E-state index contributed by atoms with van der Waals surface area (Å²) >= 11 is 18.3. The van der Waals surface area contributed by atoms with E-state index in [1.165, 1.54) is 4.90 Å². The van der Waals surface area contributed by atoms with Crippen molar-refractivity contribution in [1.29, 1.82) is 0 Å². The molecule has 2 rings (SSSR count). The Morgan fingerprint density at radius 2 is 1.69 bits per heavy atom. The van der Waals surface area contributed by atoms with Crippen molar-refractivity contribution in [2.45, 2.75) is 46.7 Å². The molecular weight excluding hydrogens is 545 g/mol. The van der Waals surface area contributed by atoms with Crippen LogP contribution in [0.3, 0.4) is 0 Å². The first-order chi connectivity index (χ1) is 16.7. The zero-order chi connectivity index (χ0) is 27.2. The second-order valence-electron chi connectivity index (χ2n) is 9.03. The number of hydrogen-bond donors (Lipinski definition) is 1. The third-order valence-electron chi connectivity index (χ3n) is 5.51. The number of halogens is 3. The first-order valence-electron chi connectivity index (χ1n) is 11.5. The Balaban J connectivity index is 2.48. The van der Waals surface area contributed by atoms with Crippen LogP contribution >= 0.6 is 34.8 Å². The van der Waals surface area contributed by atoms with Crippen LogP contribution in [0.4, 0.5) is 5.69 Å². The quantitative estimate of drug-likeness (QED) is 0.393. The molecule has 0 aliphatic heterocycles. The number of nitrogens with zero attached hydrogens (tertiary/aromatic N) is 2. The molecule has 0 heterocycles. The average Bonchev–Trinajstić information content (AvgIpc) is 2.77. The Morgan fingerprint density at radius 1 is 1.03 bits per heavy atom. The number of hydrogen-bond acceptors (Lipinski definition) is 4. The molecule has 0 saturated heterocycles. The van der Waals surface area contributed by atoms with E-state index >= 15 is 0 Å². The Hall–Kier alpha value is -2.00. The highest BCUT2D eigenvalue weighted by atomic mass is 35.5. The van der Waals surface area contributed by atoms with Crippen molar-refractivity contribution in [2.75, 3.05) is 23.7 Å². The van der Waals surface area contributed by atoms with E-state index in [0.717, 1.165) is 10.6 Å². The molecule has 0 radical (unpaired) electrons. The lowest BCUT2D eigenvalue weighted by Crippen LogP contribution is -2.52. The van der Waals surface area contributed by atoms with Crippen molar-refractivity contribution in [3.63, 3.8) is 0 Å². The summed E-state index contributed by atoms with van der Waals surface area (Å²) in [5.74, 6) is -0.625. The molecule has 36 heavy (non-hydrogen) atoms. The molecule has 0 saturated carbocycles. The Bertz CT molecular complexity index is 1210. The van der Waals surface area contributed by atoms with Crippen molar-refractivity contribution < 1.29 is 18.0 Å². The van der Waals surface area contributed by atoms with Crippen LogP contribution in [0.1, 0.15) is 38.3 Å². The summed E-state index contributed by atoms with van der Waals surface area (Å²) in [6.07, 6.45) is 1.36. The van der Waals surface area contributed by atoms with Crippen molar-refractivity contribution in [3.05, 3.63) is 62.6 Å². The molecular formula is C25H32Cl3N3O4S. The minimum atomic E-state index is -3.84. The van der Waals surface area contributed by atoms with Crippen molar-refractivity contribution >= 4 is 62.3 Å². The number of benzene rings is 2. The maximum absolute atomic E-state index is 13.7. The number of anilines is 1. The van der Waals surface area contributed by atoms with Gasteiger partial charge in [0.2, 0.25) is 21.8 Å². The SMILES string of the molecule is CC[C@@H](C(=O)NCC(C)C)N(Cc1ccc(Cl)c(Cl)c1)C(=O)CN(c1ccc(Cl)cc1C)S(C)(=O)=O. The molecule has 2 aromatic rings. The zero-order valence-corrected chi connectivity index (χ0v) is 24.1. The number of nitrogens with one attached hydrogen (secondary N) is 1. The minimum Gasteiger partial charge on any atom is -0.354 e. The van der Waals surface area contributed by atoms with Gasteiger partial charge in [-0.25, -0.2) is 8.42 Å². The summed E-state index contributed by atoms with van der Waals surface area (Å²) in [7, 11) is -3.84. The molecule has 0 spiro atoms. The largest absolute Gasteiger partial charge is 0.354 e. The summed E-state index contributed by atoms with van der Waals surface area (Å²) in [6.45, 7) is 7.45. The number of carbonyl (C=O) groups excluding carboxylic acids is 2. The lowest BCUT2D eigenvalue weighted by atomic mass is 10.1. The predicted molar refractivity (Wildman–Crippen MR) is 147 cm³/mol. The molecule has 2 aromatic carbocycles. The van der Waals surface area contributed by atoms with Gasteiger partial charge in [0.05, 0.1) is 22.0 Å². The van der Waals surface area contributed by atoms with Gasteiger partial charge in [0, 0.05) is 18.1 Å². The minimum absolute atomic E-state index is 0.0422. The molecule has 11 heteroatoms. The lowest BCUT2D eigenvalue weighted by molar-refractivity contribution is -0.140. The Morgan fingerprint density at radius 3 is 2.22 bits per heavy atom. The van der Waals surface area contributed by atoms with E-state index in [-0.39, 0.29) is 18.4 Å². The highest BCUT2D eigenvalue weighted by Crippen LogP contribution is 2.27. The second kappa shape index (κ2) is 13.0. The Kier molecular flexibility index (Phi) is 10.9. The highest BCUT2D eigenvalue weighted by Gasteiger charge is 2.32. The fraction of sp³-hybridized carbons (Fsp3) is 0.440. The summed E-state index contributed by atoms with van der Waals surface area (Å²) < 4.78 is 26.5. The van der Waals surface area contributed by atoms with Gasteiger partial charge in [0.25, 0.3) is 0 Å². The second-order valence-corrected chi connectivity index (χ2v) is 12.2. The van der Waals surface area contributed by atoms with Crippen molar-refractivity contribution in [3.8, 4) is 0 Å². The van der Waals surface area contributed by atoms with Crippen LogP contribution in [0.2, 0.25) is 15.1 Å². The standard InChI is InChI=1S/C25H32Cl3N3O4S/c1-6-22(25(33)29-13-16(2)3)30(14-18-7-9-20(27)21(28)12-18)24(32)15-31(36(5,34)35)23-10-8-19(26)11-17(23)4/h7-12,16,22H,6,13-15H2,1-5H3,(H,29,33)/t22-/m0/s1. The number of amides is 2. The fourth-order valence-corrected chi connectivity index (χ4v) is 5.12. The number of carbonyl (C=O) groups is 2. The molecule has 1 N–H and O–H groups in total. The first-order valence-corrected chi connectivity index (χ1v) is 14.5. The van der Waals surface area contributed by atoms with E-state index in [4.69, 9.17) is 34.8 Å². The topological polar surface area (TPSA) is 86.8 Å². The highest BCUT2D eigenvalue weighted by molar-refractivity contribution is 7.92. The number of aryl methyl sites for hydroxylation is 1. The van der Waals surface area contributed by atoms with E-state index in [1.807, 2.05) is 13.8 Å². The summed E-state index contributed by atoms with van der Waals surface area (Å²) in [5, 5.41) is 4.00. The van der Waals surface area contributed by atoms with Gasteiger partial charge in [-0.3, -0.25) is 13.9 Å². The van der Waals surface area contributed by atoms with Crippen LogP contribution in [0, 0.1) is 12.8 Å². The van der Waals surface area contributed by atoms with Gasteiger partial charge in [0.15, 0.2) is 0 Å². The fourth-order valence-electron chi connectivity index (χ4n) is 3.67. The monoisotopic (exact) mass is 575 g/mol. The third kappa shape index (κ3) is 8.26. The van der Waals surface area contributed by atoms with Gasteiger partial charge < -0.3 is 10.2 Å². The molecule has 7 nitrogen and oxygen atoms in total. The maximum atomic E-state index is 13.7. The van der Waals surface area contributed by atoms with E-state index in [0.29, 0.717) is 44.8 Å². The molecule has 0 aliphatic carbocycles. The van der Waals surface area contributed by atoms with Gasteiger partial charge in [0.1, 0.15) is 12.6 Å². The molecule has 198 valence electrons. The van der Waals surface area contributed by atoms with Crippen LogP contribution in [0.5, 0.6) is 0 Å². The molecule has 0 bridgehead atoms. The normalized spacial score (nSPS) is 12.4. The summed E-state index contributed by atoms with van der Waals surface area (Å²) in [6, 6.07) is 8.88. The molecule has 0 aliphatic rings. The molecule has 0 fully saturated rings.